The first kappa shape index (κ1) is 16.5. The van der Waals surface area contributed by atoms with E-state index in [1.54, 1.807) is 0 Å². The number of sulfonamides is 1. The van der Waals surface area contributed by atoms with Gasteiger partial charge in [0.2, 0.25) is 5.91 Å². The number of hydrogen-bond donors (Lipinski definition) is 2. The van der Waals surface area contributed by atoms with Gasteiger partial charge in [0.05, 0.1) is 10.9 Å². The lowest BCUT2D eigenvalue weighted by atomic mass is 10.2. The molecule has 23 heavy (non-hydrogen) atoms. The van der Waals surface area contributed by atoms with E-state index in [4.69, 9.17) is 0 Å². The summed E-state index contributed by atoms with van der Waals surface area (Å²) in [6.07, 6.45) is 0. The molecule has 7 nitrogen and oxygen atoms in total. The second-order valence-corrected chi connectivity index (χ2v) is 6.36. The van der Waals surface area contributed by atoms with Crippen LogP contribution in [0.4, 0.5) is 11.4 Å². The molecule has 0 aliphatic carbocycles. The molecule has 8 heteroatoms. The lowest BCUT2D eigenvalue weighted by Crippen LogP contribution is -2.23. The fraction of sp³-hybridized carbons (Fsp3) is 0.0667. The van der Waals surface area contributed by atoms with Gasteiger partial charge in [-0.3, -0.25) is 9.52 Å². The maximum Gasteiger partial charge on any atom is 0.261 e. The molecule has 0 heterocycles. The number of carboxylic acid groups (broad SMARTS) is 1. The fourth-order valence-corrected chi connectivity index (χ4v) is 2.93. The summed E-state index contributed by atoms with van der Waals surface area (Å²) in [6.45, 7) is 1.36. The van der Waals surface area contributed by atoms with E-state index in [-0.39, 0.29) is 22.1 Å². The smallest absolute Gasteiger partial charge is 0.261 e. The van der Waals surface area contributed by atoms with Gasteiger partial charge in [-0.05, 0) is 42.0 Å². The zero-order chi connectivity index (χ0) is 17.0. The fourth-order valence-electron chi connectivity index (χ4n) is 1.83. The quantitative estimate of drug-likeness (QED) is 0.840. The summed E-state index contributed by atoms with van der Waals surface area (Å²) in [6, 6.07) is 10.9. The van der Waals surface area contributed by atoms with Crippen molar-refractivity contribution in [3.05, 3.63) is 54.1 Å². The number of carbonyl (C=O) groups excluding carboxylic acids is 2. The van der Waals surface area contributed by atoms with E-state index >= 15 is 0 Å². The molecule has 120 valence electrons. The first-order valence-corrected chi connectivity index (χ1v) is 7.98. The van der Waals surface area contributed by atoms with Crippen molar-refractivity contribution in [2.24, 2.45) is 0 Å². The summed E-state index contributed by atoms with van der Waals surface area (Å²) >= 11 is 0. The van der Waals surface area contributed by atoms with Gasteiger partial charge in [0.15, 0.2) is 0 Å². The summed E-state index contributed by atoms with van der Waals surface area (Å²) in [7, 11) is -3.93. The van der Waals surface area contributed by atoms with Crippen molar-refractivity contribution in [1.29, 1.82) is 0 Å². The number of anilines is 2. The van der Waals surface area contributed by atoms with E-state index in [2.05, 4.69) is 10.0 Å². The number of hydrogen-bond acceptors (Lipinski definition) is 5. The first-order valence-electron chi connectivity index (χ1n) is 6.50. The molecule has 0 aliphatic heterocycles. The third kappa shape index (κ3) is 4.30. The lowest BCUT2D eigenvalue weighted by Gasteiger charge is -2.10. The van der Waals surface area contributed by atoms with Gasteiger partial charge in [0.25, 0.3) is 10.0 Å². The Morgan fingerprint density at radius 1 is 1.00 bits per heavy atom. The average Bonchev–Trinajstić information content (AvgIpc) is 2.48. The molecule has 0 fully saturated rings. The van der Waals surface area contributed by atoms with Crippen LogP contribution in [-0.2, 0) is 14.8 Å². The summed E-state index contributed by atoms with van der Waals surface area (Å²) in [5.41, 5.74) is 0.575. The van der Waals surface area contributed by atoms with Gasteiger partial charge in [0, 0.05) is 18.3 Å². The summed E-state index contributed by atoms with van der Waals surface area (Å²) in [5, 5.41) is 13.4. The molecule has 2 aromatic carbocycles. The van der Waals surface area contributed by atoms with Crippen LogP contribution in [0.15, 0.2) is 53.4 Å². The number of aromatic carboxylic acids is 1. The van der Waals surface area contributed by atoms with E-state index in [1.165, 1.54) is 49.4 Å². The SMILES string of the molecule is CC(=O)Nc1ccc(NS(=O)(=O)c2cccc(C(=O)[O-])c2)cc1. The zero-order valence-corrected chi connectivity index (χ0v) is 12.9. The highest BCUT2D eigenvalue weighted by Gasteiger charge is 2.14. The van der Waals surface area contributed by atoms with Crippen LogP contribution in [-0.4, -0.2) is 20.3 Å². The Morgan fingerprint density at radius 3 is 2.17 bits per heavy atom. The predicted molar refractivity (Wildman–Crippen MR) is 82.3 cm³/mol. The number of rotatable bonds is 5. The van der Waals surface area contributed by atoms with Crippen LogP contribution in [0.2, 0.25) is 0 Å². The molecule has 0 saturated heterocycles. The molecule has 0 bridgehead atoms. The second-order valence-electron chi connectivity index (χ2n) is 4.68. The topological polar surface area (TPSA) is 115 Å². The van der Waals surface area contributed by atoms with E-state index in [9.17, 15) is 23.1 Å². The highest BCUT2D eigenvalue weighted by Crippen LogP contribution is 2.19. The number of benzene rings is 2. The van der Waals surface area contributed by atoms with Crippen LogP contribution in [0.25, 0.3) is 0 Å². The molecule has 0 atom stereocenters. The van der Waals surface area contributed by atoms with Crippen LogP contribution in [0, 0.1) is 0 Å². The van der Waals surface area contributed by atoms with Crippen molar-refractivity contribution in [1.82, 2.24) is 0 Å². The van der Waals surface area contributed by atoms with Crippen LogP contribution >= 0.6 is 0 Å². The van der Waals surface area contributed by atoms with Crippen LogP contribution in [0.3, 0.4) is 0 Å². The normalized spacial score (nSPS) is 10.8. The summed E-state index contributed by atoms with van der Waals surface area (Å²) in [5.74, 6) is -1.70. The van der Waals surface area contributed by atoms with Crippen molar-refractivity contribution < 1.29 is 23.1 Å². The monoisotopic (exact) mass is 333 g/mol. The predicted octanol–water partition coefficient (Wildman–Crippen LogP) is 0.809. The number of carboxylic acids is 1. The molecule has 0 saturated carbocycles. The largest absolute Gasteiger partial charge is 0.545 e. The first-order chi connectivity index (χ1) is 10.8. The molecular weight excluding hydrogens is 320 g/mol. The number of amides is 1. The van der Waals surface area contributed by atoms with Crippen molar-refractivity contribution in [2.75, 3.05) is 10.0 Å². The Hall–Kier alpha value is -2.87. The van der Waals surface area contributed by atoms with Gasteiger partial charge in [0.1, 0.15) is 0 Å². The summed E-state index contributed by atoms with van der Waals surface area (Å²) in [4.78, 5) is 21.5. The van der Waals surface area contributed by atoms with Gasteiger partial charge in [-0.15, -0.1) is 0 Å². The van der Waals surface area contributed by atoms with Gasteiger partial charge in [-0.25, -0.2) is 8.42 Å². The van der Waals surface area contributed by atoms with E-state index in [0.717, 1.165) is 6.07 Å². The number of nitrogens with one attached hydrogen (secondary N) is 2. The van der Waals surface area contributed by atoms with Gasteiger partial charge >= 0.3 is 0 Å². The number of carbonyl (C=O) groups is 2. The third-order valence-electron chi connectivity index (χ3n) is 2.84. The Labute approximate surface area is 133 Å². The molecule has 0 radical (unpaired) electrons. The lowest BCUT2D eigenvalue weighted by molar-refractivity contribution is -0.255. The van der Waals surface area contributed by atoms with E-state index in [0.29, 0.717) is 5.69 Å². The molecule has 0 aliphatic rings. The minimum absolute atomic E-state index is 0.190. The molecule has 0 unspecified atom stereocenters. The third-order valence-corrected chi connectivity index (χ3v) is 4.22. The zero-order valence-electron chi connectivity index (χ0n) is 12.1. The average molecular weight is 333 g/mol. The molecule has 2 aromatic rings. The Morgan fingerprint density at radius 2 is 1.61 bits per heavy atom. The van der Waals surface area contributed by atoms with Crippen molar-refractivity contribution >= 4 is 33.3 Å². The van der Waals surface area contributed by atoms with Crippen LogP contribution in [0.5, 0.6) is 0 Å². The molecule has 2 rings (SSSR count). The Balaban J connectivity index is 2.22. The van der Waals surface area contributed by atoms with Crippen LogP contribution in [0.1, 0.15) is 17.3 Å². The van der Waals surface area contributed by atoms with Crippen molar-refractivity contribution in [2.45, 2.75) is 11.8 Å². The van der Waals surface area contributed by atoms with Crippen LogP contribution < -0.4 is 15.1 Å². The Kier molecular flexibility index (Phi) is 4.65. The van der Waals surface area contributed by atoms with Crippen molar-refractivity contribution in [3.63, 3.8) is 0 Å². The minimum atomic E-state index is -3.93. The van der Waals surface area contributed by atoms with Gasteiger partial charge in [-0.1, -0.05) is 12.1 Å². The van der Waals surface area contributed by atoms with E-state index < -0.39 is 16.0 Å². The van der Waals surface area contributed by atoms with E-state index in [1.807, 2.05) is 0 Å². The molecule has 0 aromatic heterocycles. The molecule has 0 spiro atoms. The van der Waals surface area contributed by atoms with Crippen molar-refractivity contribution in [3.8, 4) is 0 Å². The Bertz CT molecular complexity index is 844. The highest BCUT2D eigenvalue weighted by atomic mass is 32.2. The maximum atomic E-state index is 12.2. The highest BCUT2D eigenvalue weighted by molar-refractivity contribution is 7.92. The maximum absolute atomic E-state index is 12.2. The van der Waals surface area contributed by atoms with Gasteiger partial charge in [-0.2, -0.15) is 0 Å². The summed E-state index contributed by atoms with van der Waals surface area (Å²) < 4.78 is 26.8. The van der Waals surface area contributed by atoms with Gasteiger partial charge < -0.3 is 15.2 Å². The molecule has 2 N–H and O–H groups in total. The second kappa shape index (κ2) is 6.49. The minimum Gasteiger partial charge on any atom is -0.545 e. The standard InChI is InChI=1S/C15H14N2O5S/c1-10(18)16-12-5-7-13(8-6-12)17-23(21,22)14-4-2-3-11(9-14)15(19)20/h2-9,17H,1H3,(H,16,18)(H,19,20)/p-1. The molecular formula is C15H13N2O5S-. The molecule has 1 amide bonds.